The minimum Gasteiger partial charge on any atom is -0.508 e. The van der Waals surface area contributed by atoms with Crippen molar-refractivity contribution in [2.24, 2.45) is 0 Å². The molecule has 5 nitrogen and oxygen atoms in total. The Hall–Kier alpha value is -4.35. The maximum atomic E-state index is 9.37. The summed E-state index contributed by atoms with van der Waals surface area (Å²) in [6.45, 7) is 1.94. The summed E-state index contributed by atoms with van der Waals surface area (Å²) in [5.74, 6) is 1.51. The van der Waals surface area contributed by atoms with Crippen LogP contribution in [0.5, 0.6) is 28.7 Å². The quantitative estimate of drug-likeness (QED) is 0.188. The molecule has 36 heavy (non-hydrogen) atoms. The standard InChI is InChI=1S/C10H8O.C7H8O2.C7H8O.C6H5ClO/c11-10-7-3-5-8-4-1-2-6-9(8)10;1-9-7-5-3-2-4-6(7)8;1-6-3-2-4-7(8)5-6;7-5-3-1-2-4-6(5)8/h1-7,11H;2-5,8H,1H3;2-5,8H,1H3;1-4,8H. The molecule has 0 spiro atoms. The Bertz CT molecular complexity index is 1310. The van der Waals surface area contributed by atoms with E-state index in [1.54, 1.807) is 66.7 Å². The van der Waals surface area contributed by atoms with Crippen molar-refractivity contribution in [3.8, 4) is 28.7 Å². The van der Waals surface area contributed by atoms with Crippen molar-refractivity contribution in [2.75, 3.05) is 7.11 Å². The van der Waals surface area contributed by atoms with Gasteiger partial charge in [-0.05, 0) is 60.3 Å². The van der Waals surface area contributed by atoms with Gasteiger partial charge in [-0.3, -0.25) is 0 Å². The van der Waals surface area contributed by atoms with E-state index in [0.717, 1.165) is 16.3 Å². The van der Waals surface area contributed by atoms with Gasteiger partial charge in [0.2, 0.25) is 0 Å². The molecule has 0 saturated carbocycles. The van der Waals surface area contributed by atoms with E-state index in [0.29, 0.717) is 22.3 Å². The molecule has 0 fully saturated rings. The molecule has 0 atom stereocenters. The first-order chi connectivity index (χ1) is 17.3. The van der Waals surface area contributed by atoms with E-state index in [1.165, 1.54) is 7.11 Å². The van der Waals surface area contributed by atoms with Gasteiger partial charge in [0.25, 0.3) is 0 Å². The molecule has 0 aromatic heterocycles. The number of ether oxygens (including phenoxy) is 1. The summed E-state index contributed by atoms with van der Waals surface area (Å²) < 4.78 is 4.79. The summed E-state index contributed by atoms with van der Waals surface area (Å²) >= 11 is 5.46. The minimum absolute atomic E-state index is 0.133. The average molecular weight is 505 g/mol. The van der Waals surface area contributed by atoms with Crippen LogP contribution in [0, 0.1) is 6.92 Å². The Morgan fingerprint density at radius 2 is 1.14 bits per heavy atom. The Balaban J connectivity index is 0.000000171. The van der Waals surface area contributed by atoms with Crippen molar-refractivity contribution in [1.29, 1.82) is 0 Å². The maximum Gasteiger partial charge on any atom is 0.160 e. The van der Waals surface area contributed by atoms with E-state index >= 15 is 0 Å². The molecule has 0 aliphatic heterocycles. The van der Waals surface area contributed by atoms with E-state index in [2.05, 4.69) is 0 Å². The number of phenolic OH excluding ortho intramolecular Hbond substituents is 4. The Morgan fingerprint density at radius 1 is 0.583 bits per heavy atom. The smallest absolute Gasteiger partial charge is 0.160 e. The predicted octanol–water partition coefficient (Wildman–Crippen LogP) is 7.69. The molecule has 0 unspecified atom stereocenters. The highest BCUT2D eigenvalue weighted by Crippen LogP contribution is 2.24. The largest absolute Gasteiger partial charge is 0.508 e. The number of methoxy groups -OCH3 is 1. The third-order valence-corrected chi connectivity index (χ3v) is 5.03. The van der Waals surface area contributed by atoms with Gasteiger partial charge >= 0.3 is 0 Å². The lowest BCUT2D eigenvalue weighted by Gasteiger charge is -1.99. The van der Waals surface area contributed by atoms with E-state index in [9.17, 15) is 5.11 Å². The molecule has 5 aromatic rings. The second-order valence-electron chi connectivity index (χ2n) is 7.46. The molecular weight excluding hydrogens is 476 g/mol. The molecule has 0 radical (unpaired) electrons. The fourth-order valence-electron chi connectivity index (χ4n) is 2.92. The Morgan fingerprint density at radius 3 is 1.64 bits per heavy atom. The lowest BCUT2D eigenvalue weighted by atomic mass is 10.1. The highest BCUT2D eigenvalue weighted by Gasteiger charge is 1.95. The summed E-state index contributed by atoms with van der Waals surface area (Å²) in [6, 6.07) is 33.9. The first-order valence-electron chi connectivity index (χ1n) is 11.0. The van der Waals surface area contributed by atoms with Crippen molar-refractivity contribution in [1.82, 2.24) is 0 Å². The van der Waals surface area contributed by atoms with Crippen LogP contribution in [0.1, 0.15) is 5.56 Å². The van der Waals surface area contributed by atoms with Gasteiger partial charge in [0.1, 0.15) is 17.2 Å². The lowest BCUT2D eigenvalue weighted by molar-refractivity contribution is 0.373. The van der Waals surface area contributed by atoms with E-state index in [4.69, 9.17) is 31.7 Å². The van der Waals surface area contributed by atoms with Crippen molar-refractivity contribution in [2.45, 2.75) is 6.92 Å². The van der Waals surface area contributed by atoms with Crippen LogP contribution in [0.4, 0.5) is 0 Å². The molecule has 6 heteroatoms. The van der Waals surface area contributed by atoms with Crippen LogP contribution >= 0.6 is 11.6 Å². The maximum absolute atomic E-state index is 9.37. The van der Waals surface area contributed by atoms with Gasteiger partial charge in [-0.2, -0.15) is 0 Å². The zero-order valence-corrected chi connectivity index (χ0v) is 20.8. The Kier molecular flexibility index (Phi) is 11.5. The molecular formula is C30H29ClO5. The number of rotatable bonds is 1. The first-order valence-corrected chi connectivity index (χ1v) is 11.4. The third kappa shape index (κ3) is 9.49. The zero-order valence-electron chi connectivity index (χ0n) is 20.0. The van der Waals surface area contributed by atoms with Gasteiger partial charge in [0.15, 0.2) is 11.5 Å². The zero-order chi connectivity index (χ0) is 26.3. The van der Waals surface area contributed by atoms with Gasteiger partial charge in [0.05, 0.1) is 12.1 Å². The SMILES string of the molecule is COc1ccccc1O.Cc1cccc(O)c1.Oc1cccc2ccccc12.Oc1ccccc1Cl. The molecule has 0 amide bonds. The normalized spacial score (nSPS) is 9.42. The second-order valence-corrected chi connectivity index (χ2v) is 7.87. The summed E-state index contributed by atoms with van der Waals surface area (Å²) in [5.41, 5.74) is 1.09. The highest BCUT2D eigenvalue weighted by atomic mass is 35.5. The fourth-order valence-corrected chi connectivity index (χ4v) is 3.05. The number of fused-ring (bicyclic) bond motifs is 1. The molecule has 0 saturated heterocycles. The van der Waals surface area contributed by atoms with Crippen molar-refractivity contribution in [3.63, 3.8) is 0 Å². The van der Waals surface area contributed by atoms with Crippen molar-refractivity contribution in [3.05, 3.63) is 126 Å². The predicted molar refractivity (Wildman–Crippen MR) is 146 cm³/mol. The first kappa shape index (κ1) is 27.9. The summed E-state index contributed by atoms with van der Waals surface area (Å²) in [4.78, 5) is 0. The van der Waals surface area contributed by atoms with Crippen LogP contribution in [0.2, 0.25) is 5.02 Å². The minimum atomic E-state index is 0.133. The molecule has 0 heterocycles. The number of hydrogen-bond acceptors (Lipinski definition) is 5. The molecule has 0 bridgehead atoms. The lowest BCUT2D eigenvalue weighted by Crippen LogP contribution is -1.80. The third-order valence-electron chi connectivity index (χ3n) is 4.71. The monoisotopic (exact) mass is 504 g/mol. The van der Waals surface area contributed by atoms with Crippen molar-refractivity contribution < 1.29 is 25.2 Å². The van der Waals surface area contributed by atoms with E-state index in [1.807, 2.05) is 55.5 Å². The number of hydrogen-bond donors (Lipinski definition) is 4. The Labute approximate surface area is 216 Å². The van der Waals surface area contributed by atoms with Gasteiger partial charge in [0, 0.05) is 5.39 Å². The van der Waals surface area contributed by atoms with Gasteiger partial charge in [-0.25, -0.2) is 0 Å². The second kappa shape index (κ2) is 14.8. The van der Waals surface area contributed by atoms with Crippen LogP contribution in [0.25, 0.3) is 10.8 Å². The number of aryl methyl sites for hydroxylation is 1. The molecule has 0 aliphatic carbocycles. The van der Waals surface area contributed by atoms with Gasteiger partial charge in [-0.1, -0.05) is 84.4 Å². The number of para-hydroxylation sites is 3. The van der Waals surface area contributed by atoms with Crippen LogP contribution in [0.3, 0.4) is 0 Å². The summed E-state index contributed by atoms with van der Waals surface area (Å²) in [6.07, 6.45) is 0. The fraction of sp³-hybridized carbons (Fsp3) is 0.0667. The van der Waals surface area contributed by atoms with Crippen LogP contribution in [-0.4, -0.2) is 27.5 Å². The van der Waals surface area contributed by atoms with E-state index in [-0.39, 0.29) is 11.5 Å². The van der Waals surface area contributed by atoms with E-state index < -0.39 is 0 Å². The number of phenols is 4. The summed E-state index contributed by atoms with van der Waals surface area (Å²) in [5, 5.41) is 38.3. The average Bonchev–Trinajstić information content (AvgIpc) is 2.88. The molecule has 5 rings (SSSR count). The number of benzene rings is 5. The molecule has 186 valence electrons. The number of halogens is 1. The van der Waals surface area contributed by atoms with Crippen molar-refractivity contribution >= 4 is 22.4 Å². The number of aromatic hydroxyl groups is 4. The molecule has 4 N–H and O–H groups in total. The molecule has 5 aromatic carbocycles. The van der Waals surface area contributed by atoms with Crippen LogP contribution in [0.15, 0.2) is 115 Å². The highest BCUT2D eigenvalue weighted by molar-refractivity contribution is 6.31. The topological polar surface area (TPSA) is 90.2 Å². The van der Waals surface area contributed by atoms with Gasteiger partial charge in [-0.15, -0.1) is 0 Å². The van der Waals surface area contributed by atoms with Gasteiger partial charge < -0.3 is 25.2 Å². The van der Waals surface area contributed by atoms with Crippen LogP contribution < -0.4 is 4.74 Å². The van der Waals surface area contributed by atoms with Crippen LogP contribution in [-0.2, 0) is 0 Å². The molecule has 0 aliphatic rings. The summed E-state index contributed by atoms with van der Waals surface area (Å²) in [7, 11) is 1.52.